The molecule has 0 aliphatic heterocycles. The van der Waals surface area contributed by atoms with E-state index in [9.17, 15) is 25.3 Å². The minimum absolute atomic E-state index is 0.196. The van der Waals surface area contributed by atoms with Crippen molar-refractivity contribution < 1.29 is 25.3 Å². The van der Waals surface area contributed by atoms with E-state index in [1.807, 2.05) is 11.0 Å². The number of sulfonamides is 3. The molecule has 0 saturated heterocycles. The van der Waals surface area contributed by atoms with E-state index in [1.54, 1.807) is 22.7 Å². The third-order valence-electron chi connectivity index (χ3n) is 6.51. The van der Waals surface area contributed by atoms with E-state index in [4.69, 9.17) is 0 Å². The minimum atomic E-state index is -3.35. The summed E-state index contributed by atoms with van der Waals surface area (Å²) in [5.41, 5.74) is 1.94. The van der Waals surface area contributed by atoms with Gasteiger partial charge in [0.25, 0.3) is 0 Å². The molecule has 0 fully saturated rings. The predicted molar refractivity (Wildman–Crippen MR) is 178 cm³/mol. The summed E-state index contributed by atoms with van der Waals surface area (Å²) in [6.07, 6.45) is 4.32. The maximum absolute atomic E-state index is 11.6. The van der Waals surface area contributed by atoms with Crippen molar-refractivity contribution in [1.82, 2.24) is 14.2 Å². The fraction of sp³-hybridized carbons (Fsp3) is 0.462. The van der Waals surface area contributed by atoms with Gasteiger partial charge in [0.1, 0.15) is 0 Å². The van der Waals surface area contributed by atoms with Crippen molar-refractivity contribution in [1.29, 1.82) is 0 Å². The van der Waals surface area contributed by atoms with Gasteiger partial charge < -0.3 is 9.80 Å². The van der Waals surface area contributed by atoms with E-state index in [-0.39, 0.29) is 13.1 Å². The molecule has 2 aromatic heterocycles. The number of hydrogen-bond acceptors (Lipinski definition) is 10. The Morgan fingerprint density at radius 3 is 1.29 bits per heavy atom. The maximum Gasteiger partial charge on any atom is 0.208 e. The number of fused-ring (bicyclic) bond motifs is 5. The molecule has 0 atom stereocenters. The average Bonchev–Trinajstić information content (AvgIpc) is 3.40. The van der Waals surface area contributed by atoms with Gasteiger partial charge >= 0.3 is 0 Å². The van der Waals surface area contributed by atoms with Gasteiger partial charge in [-0.15, -0.1) is 22.7 Å². The van der Waals surface area contributed by atoms with Crippen molar-refractivity contribution in [3.63, 3.8) is 0 Å². The summed E-state index contributed by atoms with van der Waals surface area (Å²) >= 11 is 3.43. The lowest BCUT2D eigenvalue weighted by Crippen LogP contribution is -2.39. The van der Waals surface area contributed by atoms with Crippen LogP contribution in [0.3, 0.4) is 0 Å². The first-order valence-electron chi connectivity index (χ1n) is 13.4. The molecule has 0 saturated carbocycles. The molecule has 4 rings (SSSR count). The highest BCUT2D eigenvalue weighted by Gasteiger charge is 2.17. The van der Waals surface area contributed by atoms with Crippen LogP contribution in [0.2, 0.25) is 0 Å². The average molecular weight is 676 g/mol. The van der Waals surface area contributed by atoms with Crippen molar-refractivity contribution in [3.8, 4) is 0 Å². The van der Waals surface area contributed by atoms with Crippen LogP contribution in [0.4, 0.5) is 11.4 Å². The Hall–Kier alpha value is -2.05. The number of thiophene rings is 2. The van der Waals surface area contributed by atoms with E-state index in [1.165, 1.54) is 21.0 Å². The molecule has 0 bridgehead atoms. The Labute approximate surface area is 256 Å². The smallest absolute Gasteiger partial charge is 0.208 e. The molecule has 42 heavy (non-hydrogen) atoms. The highest BCUT2D eigenvalue weighted by atomic mass is 32.2. The fourth-order valence-electron chi connectivity index (χ4n) is 4.73. The zero-order valence-electron chi connectivity index (χ0n) is 24.0. The molecule has 0 unspecified atom stereocenters. The normalized spacial score (nSPS) is 13.0. The Morgan fingerprint density at radius 2 is 0.952 bits per heavy atom. The molecule has 232 valence electrons. The quantitative estimate of drug-likeness (QED) is 0.165. The first-order valence-corrected chi connectivity index (χ1v) is 20.7. The lowest BCUT2D eigenvalue weighted by atomic mass is 10.2. The second-order valence-electron chi connectivity index (χ2n) is 10.2. The molecule has 0 spiro atoms. The lowest BCUT2D eigenvalue weighted by molar-refractivity contribution is 0.582. The maximum atomic E-state index is 11.6. The number of rotatable bonds is 16. The molecule has 0 radical (unpaired) electrons. The Balaban J connectivity index is 1.61. The van der Waals surface area contributed by atoms with E-state index in [0.29, 0.717) is 26.2 Å². The third-order valence-corrected chi connectivity index (χ3v) is 11.2. The van der Waals surface area contributed by atoms with Crippen molar-refractivity contribution in [2.45, 2.75) is 13.3 Å². The van der Waals surface area contributed by atoms with E-state index in [2.05, 4.69) is 56.3 Å². The van der Waals surface area contributed by atoms with Crippen molar-refractivity contribution in [2.24, 2.45) is 0 Å². The monoisotopic (exact) mass is 675 g/mol. The fourth-order valence-corrected chi connectivity index (χ4v) is 8.84. The summed E-state index contributed by atoms with van der Waals surface area (Å²) in [4.78, 5) is 4.16. The van der Waals surface area contributed by atoms with Crippen LogP contribution in [0.15, 0.2) is 36.4 Å². The molecule has 4 aromatic rings. The summed E-state index contributed by atoms with van der Waals surface area (Å²) in [5.74, 6) is 0. The number of anilines is 2. The van der Waals surface area contributed by atoms with Crippen LogP contribution in [0.5, 0.6) is 0 Å². The summed E-state index contributed by atoms with van der Waals surface area (Å²) in [7, 11) is -9.94. The lowest BCUT2D eigenvalue weighted by Gasteiger charge is -2.25. The zero-order chi connectivity index (χ0) is 30.7. The van der Waals surface area contributed by atoms with Crippen LogP contribution in [0.1, 0.15) is 13.3 Å². The van der Waals surface area contributed by atoms with E-state index < -0.39 is 30.1 Å². The van der Waals surface area contributed by atoms with Gasteiger partial charge in [0, 0.05) is 77.4 Å². The summed E-state index contributed by atoms with van der Waals surface area (Å²) in [6.45, 7) is 4.99. The van der Waals surface area contributed by atoms with Gasteiger partial charge in [0.05, 0.1) is 28.2 Å². The van der Waals surface area contributed by atoms with Gasteiger partial charge in [-0.1, -0.05) is 19.1 Å². The topological polar surface area (TPSA) is 145 Å². The second-order valence-corrected chi connectivity index (χ2v) is 17.8. The molecule has 3 N–H and O–H groups in total. The van der Waals surface area contributed by atoms with Crippen LogP contribution < -0.4 is 24.0 Å². The highest BCUT2D eigenvalue weighted by molar-refractivity contribution is 7.89. The van der Waals surface area contributed by atoms with E-state index >= 15 is 0 Å². The van der Waals surface area contributed by atoms with Gasteiger partial charge in [0.15, 0.2) is 0 Å². The highest BCUT2D eigenvalue weighted by Crippen LogP contribution is 2.45. The Bertz CT molecular complexity index is 1850. The van der Waals surface area contributed by atoms with Gasteiger partial charge in [0.2, 0.25) is 30.1 Å². The van der Waals surface area contributed by atoms with Crippen LogP contribution in [0.25, 0.3) is 29.6 Å². The first-order chi connectivity index (χ1) is 19.6. The van der Waals surface area contributed by atoms with Crippen LogP contribution in [-0.4, -0.2) is 89.8 Å². The van der Waals surface area contributed by atoms with E-state index in [0.717, 1.165) is 51.6 Å². The molecule has 0 aliphatic carbocycles. The zero-order valence-corrected chi connectivity index (χ0v) is 28.1. The molecule has 0 amide bonds. The Kier molecular flexibility index (Phi) is 10.4. The number of nitrogens with one attached hydrogen (secondary N) is 3. The van der Waals surface area contributed by atoms with Crippen molar-refractivity contribution in [2.75, 3.05) is 74.4 Å². The minimum Gasteiger partial charge on any atom is -0.370 e. The number of hydrogen-bond donors (Lipinski definition) is 3. The molecular formula is C26H37N5O6S5. The van der Waals surface area contributed by atoms with Gasteiger partial charge in [-0.3, -0.25) is 0 Å². The van der Waals surface area contributed by atoms with Crippen molar-refractivity contribution >= 4 is 93.7 Å². The Morgan fingerprint density at radius 1 is 0.595 bits per heavy atom. The molecule has 11 nitrogen and oxygen atoms in total. The van der Waals surface area contributed by atoms with Gasteiger partial charge in [-0.2, -0.15) is 0 Å². The predicted octanol–water partition coefficient (Wildman–Crippen LogP) is 2.94. The standard InChI is InChI=1S/C26H37N5O6S5/c1-5-13-30(14-10-27-40(2,32)33)19-6-8-21-23(17-19)38-26-22-9-7-20(18-24(22)39-25(21)26)31(15-11-28-41(3,34)35)16-12-29-42(4,36)37/h6-9,17-18,27-29H,5,10-16H2,1-4H3. The van der Waals surface area contributed by atoms with Crippen LogP contribution >= 0.6 is 22.7 Å². The second kappa shape index (κ2) is 13.3. The number of nitrogens with zero attached hydrogens (tertiary/aromatic N) is 2. The molecule has 0 aliphatic rings. The van der Waals surface area contributed by atoms with Gasteiger partial charge in [-0.25, -0.2) is 39.4 Å². The molecular weight excluding hydrogens is 639 g/mol. The summed E-state index contributed by atoms with van der Waals surface area (Å²) in [6, 6.07) is 12.5. The van der Waals surface area contributed by atoms with Crippen molar-refractivity contribution in [3.05, 3.63) is 36.4 Å². The third kappa shape index (κ3) is 8.98. The largest absolute Gasteiger partial charge is 0.370 e. The number of benzene rings is 2. The summed E-state index contributed by atoms with van der Waals surface area (Å²) < 4.78 is 81.5. The van der Waals surface area contributed by atoms with Gasteiger partial charge in [-0.05, 0) is 30.7 Å². The molecule has 2 aromatic carbocycles. The van der Waals surface area contributed by atoms with Crippen LogP contribution in [-0.2, 0) is 30.1 Å². The van der Waals surface area contributed by atoms with Crippen LogP contribution in [0, 0.1) is 0 Å². The molecule has 16 heteroatoms. The SMILES string of the molecule is CCCN(CCNS(C)(=O)=O)c1ccc2c(c1)sc1c3ccc(N(CCNS(C)(=O)=O)CCNS(C)(=O)=O)cc3sc21. The molecule has 2 heterocycles. The first kappa shape index (κ1) is 32.9. The summed E-state index contributed by atoms with van der Waals surface area (Å²) in [5, 5.41) is 2.30.